The fourth-order valence-corrected chi connectivity index (χ4v) is 4.18. The molecule has 10 heteroatoms. The summed E-state index contributed by atoms with van der Waals surface area (Å²) in [5.41, 5.74) is 1.68. The lowest BCUT2D eigenvalue weighted by atomic mass is 10.2. The summed E-state index contributed by atoms with van der Waals surface area (Å²) < 4.78 is 13.9. The molecule has 0 aromatic carbocycles. The number of aromatic nitrogens is 3. The summed E-state index contributed by atoms with van der Waals surface area (Å²) in [6, 6.07) is 8.66. The molecule has 10 nitrogen and oxygen atoms in total. The van der Waals surface area contributed by atoms with Crippen molar-refractivity contribution in [1.29, 1.82) is 5.41 Å². The Morgan fingerprint density at radius 3 is 2.79 bits per heavy atom. The van der Waals surface area contributed by atoms with Crippen molar-refractivity contribution in [2.45, 2.75) is 20.0 Å². The summed E-state index contributed by atoms with van der Waals surface area (Å²) in [5.74, 6) is 0.154. The van der Waals surface area contributed by atoms with Gasteiger partial charge >= 0.3 is 0 Å². The van der Waals surface area contributed by atoms with Crippen molar-refractivity contribution >= 4 is 22.6 Å². The van der Waals surface area contributed by atoms with Gasteiger partial charge in [-0.3, -0.25) is 24.3 Å². The second-order valence-corrected chi connectivity index (χ2v) is 8.36. The Bertz CT molecular complexity index is 1470. The Labute approximate surface area is 194 Å². The average molecular weight is 463 g/mol. The Kier molecular flexibility index (Phi) is 5.99. The summed E-state index contributed by atoms with van der Waals surface area (Å²) >= 11 is 0. The van der Waals surface area contributed by atoms with Crippen LogP contribution in [0.2, 0.25) is 0 Å². The summed E-state index contributed by atoms with van der Waals surface area (Å²) in [5, 5.41) is 11.9. The van der Waals surface area contributed by atoms with Crippen molar-refractivity contribution < 1.29 is 13.9 Å². The molecular formula is C24H26N6O4. The Hall–Kier alpha value is -3.76. The number of amides is 1. The zero-order valence-electron chi connectivity index (χ0n) is 18.9. The molecule has 0 aliphatic carbocycles. The Morgan fingerprint density at radius 1 is 1.21 bits per heavy atom. The number of carbonyl (C=O) groups excluding carboxylic acids is 1. The third kappa shape index (κ3) is 4.25. The average Bonchev–Trinajstić information content (AvgIpc) is 3.37. The minimum absolute atomic E-state index is 0.0149. The largest absolute Gasteiger partial charge is 0.467 e. The minimum Gasteiger partial charge on any atom is -0.467 e. The van der Waals surface area contributed by atoms with Crippen molar-refractivity contribution in [3.05, 3.63) is 75.5 Å². The van der Waals surface area contributed by atoms with Gasteiger partial charge in [0.1, 0.15) is 22.5 Å². The Morgan fingerprint density at radius 2 is 2.03 bits per heavy atom. The van der Waals surface area contributed by atoms with Gasteiger partial charge in [-0.2, -0.15) is 0 Å². The van der Waals surface area contributed by atoms with Gasteiger partial charge in [-0.05, 0) is 36.8 Å². The third-order valence-corrected chi connectivity index (χ3v) is 6.05. The number of furan rings is 1. The van der Waals surface area contributed by atoms with E-state index in [9.17, 15) is 9.59 Å². The lowest BCUT2D eigenvalue weighted by molar-refractivity contribution is 0.0363. The number of aryl methyl sites for hydroxylation is 1. The molecule has 5 rings (SSSR count). The van der Waals surface area contributed by atoms with E-state index in [0.29, 0.717) is 48.7 Å². The first-order valence-corrected chi connectivity index (χ1v) is 11.2. The van der Waals surface area contributed by atoms with Crippen molar-refractivity contribution in [2.24, 2.45) is 0 Å². The fourth-order valence-electron chi connectivity index (χ4n) is 4.18. The van der Waals surface area contributed by atoms with Gasteiger partial charge in [0.15, 0.2) is 0 Å². The first kappa shape index (κ1) is 22.1. The van der Waals surface area contributed by atoms with E-state index in [4.69, 9.17) is 19.5 Å². The third-order valence-electron chi connectivity index (χ3n) is 6.05. The molecule has 1 fully saturated rings. The zero-order valence-corrected chi connectivity index (χ0v) is 18.9. The van der Waals surface area contributed by atoms with Gasteiger partial charge in [0, 0.05) is 32.4 Å². The number of nitrogens with one attached hydrogen (secondary N) is 2. The monoisotopic (exact) mass is 462 g/mol. The van der Waals surface area contributed by atoms with Crippen LogP contribution in [0.15, 0.2) is 52.0 Å². The zero-order chi connectivity index (χ0) is 23.7. The SMILES string of the molecule is Cc1ccc2nc3c(cc(C(=O)NCc4ccco4)c(=N)n3CCN3CCOCC3)c(=O)n2c1. The fraction of sp³-hybridized carbons (Fsp3) is 0.333. The van der Waals surface area contributed by atoms with E-state index < -0.39 is 5.91 Å². The van der Waals surface area contributed by atoms with Crippen LogP contribution in [0.1, 0.15) is 21.7 Å². The molecule has 1 aliphatic heterocycles. The van der Waals surface area contributed by atoms with Gasteiger partial charge in [0.25, 0.3) is 11.5 Å². The van der Waals surface area contributed by atoms with E-state index in [-0.39, 0.29) is 23.2 Å². The predicted molar refractivity (Wildman–Crippen MR) is 125 cm³/mol. The quantitative estimate of drug-likeness (QED) is 0.417. The van der Waals surface area contributed by atoms with Crippen LogP contribution in [0.25, 0.3) is 16.7 Å². The molecule has 1 aliphatic rings. The first-order chi connectivity index (χ1) is 16.5. The first-order valence-electron chi connectivity index (χ1n) is 11.2. The summed E-state index contributed by atoms with van der Waals surface area (Å²) in [4.78, 5) is 33.4. The standard InChI is InChI=1S/C24H26N6O4/c1-16-4-5-20-27-22-19(24(32)30(20)15-16)13-18(23(31)26-14-17-3-2-10-34-17)21(25)29(22)7-6-28-8-11-33-12-9-28/h2-5,10,13,15,25H,6-9,11-12,14H2,1H3,(H,26,31). The molecular weight excluding hydrogens is 436 g/mol. The number of carbonyl (C=O) groups is 1. The molecule has 2 N–H and O–H groups in total. The predicted octanol–water partition coefficient (Wildman–Crippen LogP) is 1.29. The van der Waals surface area contributed by atoms with Gasteiger partial charge in [0.05, 0.1) is 37.0 Å². The molecule has 0 spiro atoms. The van der Waals surface area contributed by atoms with Crippen molar-refractivity contribution in [2.75, 3.05) is 32.8 Å². The number of hydrogen-bond acceptors (Lipinski definition) is 7. The molecule has 4 aromatic rings. The summed E-state index contributed by atoms with van der Waals surface area (Å²) in [6.45, 7) is 6.09. The van der Waals surface area contributed by atoms with Crippen LogP contribution in [0, 0.1) is 12.3 Å². The molecule has 5 heterocycles. The minimum atomic E-state index is -0.447. The van der Waals surface area contributed by atoms with Crippen LogP contribution in [0.5, 0.6) is 0 Å². The highest BCUT2D eigenvalue weighted by molar-refractivity contribution is 5.96. The summed E-state index contributed by atoms with van der Waals surface area (Å²) in [7, 11) is 0. The van der Waals surface area contributed by atoms with Crippen LogP contribution in [-0.4, -0.2) is 57.6 Å². The maximum Gasteiger partial charge on any atom is 0.267 e. The number of morpholine rings is 1. The molecule has 4 aromatic heterocycles. The highest BCUT2D eigenvalue weighted by atomic mass is 16.5. The molecule has 176 valence electrons. The lowest BCUT2D eigenvalue weighted by Gasteiger charge is -2.27. The van der Waals surface area contributed by atoms with Gasteiger partial charge in [-0.1, -0.05) is 6.07 Å². The van der Waals surface area contributed by atoms with E-state index in [2.05, 4.69) is 10.2 Å². The number of hydrogen-bond donors (Lipinski definition) is 2. The van der Waals surface area contributed by atoms with Gasteiger partial charge < -0.3 is 19.0 Å². The van der Waals surface area contributed by atoms with Gasteiger partial charge in [-0.25, -0.2) is 4.98 Å². The maximum atomic E-state index is 13.4. The highest BCUT2D eigenvalue weighted by Crippen LogP contribution is 2.12. The van der Waals surface area contributed by atoms with Crippen molar-refractivity contribution in [1.82, 2.24) is 24.2 Å². The maximum absolute atomic E-state index is 13.4. The molecule has 0 atom stereocenters. The second-order valence-electron chi connectivity index (χ2n) is 8.36. The number of ether oxygens (including phenoxy) is 1. The van der Waals surface area contributed by atoms with E-state index in [1.807, 2.05) is 13.0 Å². The van der Waals surface area contributed by atoms with Crippen molar-refractivity contribution in [3.8, 4) is 0 Å². The summed E-state index contributed by atoms with van der Waals surface area (Å²) in [6.07, 6.45) is 3.26. The lowest BCUT2D eigenvalue weighted by Crippen LogP contribution is -2.41. The van der Waals surface area contributed by atoms with Gasteiger partial charge in [0.2, 0.25) is 0 Å². The topological polar surface area (TPSA) is 118 Å². The second kappa shape index (κ2) is 9.24. The number of nitrogens with zero attached hydrogens (tertiary/aromatic N) is 4. The van der Waals surface area contributed by atoms with Gasteiger partial charge in [-0.15, -0.1) is 0 Å². The molecule has 1 saturated heterocycles. The number of pyridine rings is 2. The van der Waals surface area contributed by atoms with E-state index in [0.717, 1.165) is 18.7 Å². The highest BCUT2D eigenvalue weighted by Gasteiger charge is 2.19. The molecule has 0 saturated carbocycles. The van der Waals surface area contributed by atoms with E-state index >= 15 is 0 Å². The normalized spacial score (nSPS) is 14.6. The van der Waals surface area contributed by atoms with Crippen LogP contribution in [0.3, 0.4) is 0 Å². The molecule has 0 radical (unpaired) electrons. The Balaban J connectivity index is 1.60. The van der Waals surface area contributed by atoms with Crippen molar-refractivity contribution in [3.63, 3.8) is 0 Å². The molecule has 1 amide bonds. The van der Waals surface area contributed by atoms with Crippen LogP contribution < -0.4 is 16.4 Å². The number of fused-ring (bicyclic) bond motifs is 2. The smallest absolute Gasteiger partial charge is 0.267 e. The van der Waals surface area contributed by atoms with Crippen LogP contribution >= 0.6 is 0 Å². The van der Waals surface area contributed by atoms with E-state index in [1.165, 1.54) is 16.7 Å². The van der Waals surface area contributed by atoms with Crippen LogP contribution in [-0.2, 0) is 17.8 Å². The molecule has 0 unspecified atom stereocenters. The molecule has 34 heavy (non-hydrogen) atoms. The van der Waals surface area contributed by atoms with E-state index in [1.54, 1.807) is 29.0 Å². The van der Waals surface area contributed by atoms with Crippen LogP contribution in [0.4, 0.5) is 0 Å². The molecule has 0 bridgehead atoms. The number of rotatable bonds is 6.